The van der Waals surface area contributed by atoms with E-state index in [0.717, 1.165) is 31.9 Å². The molecule has 2 atom stereocenters. The lowest BCUT2D eigenvalue weighted by Gasteiger charge is -2.21. The molecule has 0 aromatic carbocycles. The molecule has 2 aromatic rings. The van der Waals surface area contributed by atoms with Crippen LogP contribution in [0.2, 0.25) is 0 Å². The molecule has 0 saturated carbocycles. The number of hydrogen-bond acceptors (Lipinski definition) is 4. The standard InChI is InChI=1S/C16H17N3OS/c20-16-15-10-18(7-12-3-5-21-11-12)8-13(15)9-19(16)14-2-1-4-17-6-14/h1-6,11,13,15H,7-10H2/t13-,15-/m0/s1. The summed E-state index contributed by atoms with van der Waals surface area (Å²) in [7, 11) is 0. The molecule has 4 nitrogen and oxygen atoms in total. The molecule has 108 valence electrons. The molecule has 2 aliphatic rings. The minimum atomic E-state index is 0.156. The molecule has 0 spiro atoms. The molecule has 0 aliphatic carbocycles. The summed E-state index contributed by atoms with van der Waals surface area (Å²) in [5.41, 5.74) is 2.29. The van der Waals surface area contributed by atoms with Crippen molar-refractivity contribution in [1.82, 2.24) is 9.88 Å². The number of thiophene rings is 1. The minimum Gasteiger partial charge on any atom is -0.310 e. The molecule has 2 fully saturated rings. The third-order valence-corrected chi connectivity index (χ3v) is 5.19. The fraction of sp³-hybridized carbons (Fsp3) is 0.375. The monoisotopic (exact) mass is 299 g/mol. The number of amides is 1. The Morgan fingerprint density at radius 1 is 1.29 bits per heavy atom. The van der Waals surface area contributed by atoms with Crippen LogP contribution in [0.4, 0.5) is 5.69 Å². The second-order valence-electron chi connectivity index (χ2n) is 5.85. The number of aromatic nitrogens is 1. The van der Waals surface area contributed by atoms with Gasteiger partial charge in [0.15, 0.2) is 0 Å². The van der Waals surface area contributed by atoms with Crippen LogP contribution in [-0.4, -0.2) is 35.4 Å². The summed E-state index contributed by atoms with van der Waals surface area (Å²) >= 11 is 1.73. The maximum atomic E-state index is 12.6. The van der Waals surface area contributed by atoms with Gasteiger partial charge in [-0.25, -0.2) is 0 Å². The molecule has 0 radical (unpaired) electrons. The predicted octanol–water partition coefficient (Wildman–Crippen LogP) is 2.24. The van der Waals surface area contributed by atoms with Gasteiger partial charge in [0.25, 0.3) is 0 Å². The van der Waals surface area contributed by atoms with E-state index in [1.54, 1.807) is 23.7 Å². The Morgan fingerprint density at radius 3 is 2.95 bits per heavy atom. The number of rotatable bonds is 3. The van der Waals surface area contributed by atoms with E-state index in [0.29, 0.717) is 5.92 Å². The lowest BCUT2D eigenvalue weighted by molar-refractivity contribution is -0.120. The van der Waals surface area contributed by atoms with Gasteiger partial charge in [0.05, 0.1) is 17.8 Å². The van der Waals surface area contributed by atoms with Crippen molar-refractivity contribution in [2.45, 2.75) is 6.54 Å². The molecule has 1 amide bonds. The molecular formula is C16H17N3OS. The van der Waals surface area contributed by atoms with E-state index in [9.17, 15) is 4.79 Å². The van der Waals surface area contributed by atoms with E-state index in [1.807, 2.05) is 17.0 Å². The Morgan fingerprint density at radius 2 is 2.24 bits per heavy atom. The van der Waals surface area contributed by atoms with Crippen LogP contribution in [0.15, 0.2) is 41.4 Å². The van der Waals surface area contributed by atoms with Crippen LogP contribution in [-0.2, 0) is 11.3 Å². The van der Waals surface area contributed by atoms with Crippen LogP contribution in [0, 0.1) is 11.8 Å². The quantitative estimate of drug-likeness (QED) is 0.872. The molecule has 5 heteroatoms. The van der Waals surface area contributed by atoms with E-state index in [2.05, 4.69) is 26.7 Å². The van der Waals surface area contributed by atoms with Crippen LogP contribution < -0.4 is 4.90 Å². The summed E-state index contributed by atoms with van der Waals surface area (Å²) in [4.78, 5) is 21.0. The topological polar surface area (TPSA) is 36.4 Å². The van der Waals surface area contributed by atoms with Crippen molar-refractivity contribution in [1.29, 1.82) is 0 Å². The number of fused-ring (bicyclic) bond motifs is 1. The van der Waals surface area contributed by atoms with Gasteiger partial charge in [0.1, 0.15) is 0 Å². The van der Waals surface area contributed by atoms with Gasteiger partial charge in [0, 0.05) is 38.3 Å². The molecule has 4 rings (SSSR count). The SMILES string of the molecule is O=C1[C@H]2CN(Cc3ccsc3)C[C@H]2CN1c1cccnc1. The van der Waals surface area contributed by atoms with Crippen molar-refractivity contribution in [2.75, 3.05) is 24.5 Å². The van der Waals surface area contributed by atoms with E-state index in [4.69, 9.17) is 0 Å². The zero-order valence-corrected chi connectivity index (χ0v) is 12.5. The number of carbonyl (C=O) groups is 1. The zero-order chi connectivity index (χ0) is 14.2. The van der Waals surface area contributed by atoms with Crippen molar-refractivity contribution in [2.24, 2.45) is 11.8 Å². The van der Waals surface area contributed by atoms with Gasteiger partial charge in [-0.15, -0.1) is 0 Å². The highest BCUT2D eigenvalue weighted by Gasteiger charge is 2.46. The van der Waals surface area contributed by atoms with E-state index >= 15 is 0 Å². The molecule has 2 saturated heterocycles. The summed E-state index contributed by atoms with van der Waals surface area (Å²) in [6.07, 6.45) is 3.52. The maximum absolute atomic E-state index is 12.6. The van der Waals surface area contributed by atoms with Crippen LogP contribution in [0.3, 0.4) is 0 Å². The smallest absolute Gasteiger partial charge is 0.231 e. The average molecular weight is 299 g/mol. The molecular weight excluding hydrogens is 282 g/mol. The van der Waals surface area contributed by atoms with Gasteiger partial charge < -0.3 is 4.90 Å². The Hall–Kier alpha value is -1.72. The number of nitrogens with zero attached hydrogens (tertiary/aromatic N) is 3. The average Bonchev–Trinajstić information content (AvgIpc) is 3.20. The Labute approximate surface area is 128 Å². The van der Waals surface area contributed by atoms with Gasteiger partial charge in [0.2, 0.25) is 5.91 Å². The van der Waals surface area contributed by atoms with Crippen molar-refractivity contribution in [3.63, 3.8) is 0 Å². The highest BCUT2D eigenvalue weighted by Crippen LogP contribution is 2.35. The zero-order valence-electron chi connectivity index (χ0n) is 11.7. The first-order chi connectivity index (χ1) is 10.3. The number of likely N-dealkylation sites (tertiary alicyclic amines) is 1. The van der Waals surface area contributed by atoms with E-state index in [1.165, 1.54) is 5.56 Å². The van der Waals surface area contributed by atoms with E-state index in [-0.39, 0.29) is 11.8 Å². The van der Waals surface area contributed by atoms with Crippen LogP contribution in [0.5, 0.6) is 0 Å². The van der Waals surface area contributed by atoms with Crippen molar-refractivity contribution in [3.8, 4) is 0 Å². The molecule has 4 heterocycles. The summed E-state index contributed by atoms with van der Waals surface area (Å²) in [6.45, 7) is 3.70. The number of anilines is 1. The molecule has 2 aliphatic heterocycles. The van der Waals surface area contributed by atoms with Crippen molar-refractivity contribution in [3.05, 3.63) is 46.9 Å². The number of carbonyl (C=O) groups excluding carboxylic acids is 1. The van der Waals surface area contributed by atoms with Crippen molar-refractivity contribution >= 4 is 22.9 Å². The lowest BCUT2D eigenvalue weighted by Crippen LogP contribution is -2.32. The van der Waals surface area contributed by atoms with E-state index < -0.39 is 0 Å². The van der Waals surface area contributed by atoms with Gasteiger partial charge in [-0.1, -0.05) is 0 Å². The first kappa shape index (κ1) is 13.0. The Kier molecular flexibility index (Phi) is 3.24. The normalized spacial score (nSPS) is 25.5. The Balaban J connectivity index is 1.45. The molecule has 0 N–H and O–H groups in total. The summed E-state index contributed by atoms with van der Waals surface area (Å²) in [5, 5.41) is 4.30. The Bertz CT molecular complexity index is 628. The lowest BCUT2D eigenvalue weighted by atomic mass is 10.0. The predicted molar refractivity (Wildman–Crippen MR) is 83.2 cm³/mol. The summed E-state index contributed by atoms with van der Waals surface area (Å²) in [5.74, 6) is 0.876. The molecule has 0 unspecified atom stereocenters. The van der Waals surface area contributed by atoms with Crippen LogP contribution >= 0.6 is 11.3 Å². The largest absolute Gasteiger partial charge is 0.310 e. The van der Waals surface area contributed by atoms with Gasteiger partial charge >= 0.3 is 0 Å². The third-order valence-electron chi connectivity index (χ3n) is 4.46. The number of hydrogen-bond donors (Lipinski definition) is 0. The highest BCUT2D eigenvalue weighted by atomic mass is 32.1. The fourth-order valence-electron chi connectivity index (χ4n) is 3.47. The van der Waals surface area contributed by atoms with Gasteiger partial charge in [-0.2, -0.15) is 11.3 Å². The fourth-order valence-corrected chi connectivity index (χ4v) is 4.13. The minimum absolute atomic E-state index is 0.156. The van der Waals surface area contributed by atoms with Crippen molar-refractivity contribution < 1.29 is 4.79 Å². The van der Waals surface area contributed by atoms with Gasteiger partial charge in [-0.3, -0.25) is 14.7 Å². The first-order valence-corrected chi connectivity index (χ1v) is 8.20. The molecule has 0 bridgehead atoms. The highest BCUT2D eigenvalue weighted by molar-refractivity contribution is 7.07. The summed E-state index contributed by atoms with van der Waals surface area (Å²) < 4.78 is 0. The second-order valence-corrected chi connectivity index (χ2v) is 6.63. The first-order valence-electron chi connectivity index (χ1n) is 7.26. The molecule has 2 aromatic heterocycles. The number of pyridine rings is 1. The van der Waals surface area contributed by atoms with Crippen LogP contribution in [0.25, 0.3) is 0 Å². The van der Waals surface area contributed by atoms with Crippen LogP contribution in [0.1, 0.15) is 5.56 Å². The maximum Gasteiger partial charge on any atom is 0.231 e. The summed E-state index contributed by atoms with van der Waals surface area (Å²) in [6, 6.07) is 6.02. The molecule has 21 heavy (non-hydrogen) atoms. The second kappa shape index (κ2) is 5.24. The third kappa shape index (κ3) is 2.36. The van der Waals surface area contributed by atoms with Gasteiger partial charge in [-0.05, 0) is 34.5 Å².